The van der Waals surface area contributed by atoms with Crippen molar-refractivity contribution in [1.29, 1.82) is 0 Å². The zero-order chi connectivity index (χ0) is 13.0. The van der Waals surface area contributed by atoms with Crippen LogP contribution in [0, 0.1) is 13.8 Å². The Morgan fingerprint density at radius 3 is 2.39 bits per heavy atom. The maximum Gasteiger partial charge on any atom is 0.228 e. The van der Waals surface area contributed by atoms with Crippen LogP contribution in [0.4, 0.5) is 5.69 Å². The maximum atomic E-state index is 11.9. The fourth-order valence-corrected chi connectivity index (χ4v) is 1.81. The van der Waals surface area contributed by atoms with E-state index in [1.54, 1.807) is 0 Å². The van der Waals surface area contributed by atoms with Crippen molar-refractivity contribution in [2.24, 2.45) is 0 Å². The lowest BCUT2D eigenvalue weighted by atomic mass is 10.1. The number of nitrogens with one attached hydrogen (secondary N) is 1. The standard InChI is InChI=1S/C16H17NO/c1-12-8-9-15(10-13(12)2)17-16(18)11-14-6-4-3-5-7-14/h3-10H,11H2,1-2H3,(H,17,18). The summed E-state index contributed by atoms with van der Waals surface area (Å²) in [5, 5.41) is 2.92. The molecule has 92 valence electrons. The van der Waals surface area contributed by atoms with Crippen LogP contribution in [0.5, 0.6) is 0 Å². The molecular formula is C16H17NO. The molecule has 0 unspecified atom stereocenters. The van der Waals surface area contributed by atoms with E-state index in [0.29, 0.717) is 6.42 Å². The Labute approximate surface area is 108 Å². The number of benzene rings is 2. The Morgan fingerprint density at radius 2 is 1.72 bits per heavy atom. The lowest BCUT2D eigenvalue weighted by molar-refractivity contribution is -0.115. The Hall–Kier alpha value is -2.09. The predicted molar refractivity (Wildman–Crippen MR) is 74.7 cm³/mol. The average molecular weight is 239 g/mol. The monoisotopic (exact) mass is 239 g/mol. The molecule has 0 bridgehead atoms. The van der Waals surface area contributed by atoms with E-state index in [2.05, 4.69) is 12.2 Å². The fourth-order valence-electron chi connectivity index (χ4n) is 1.81. The first-order valence-corrected chi connectivity index (χ1v) is 6.06. The quantitative estimate of drug-likeness (QED) is 0.872. The third-order valence-corrected chi connectivity index (χ3v) is 3.00. The Morgan fingerprint density at radius 1 is 1.00 bits per heavy atom. The highest BCUT2D eigenvalue weighted by atomic mass is 16.1. The molecule has 0 atom stereocenters. The topological polar surface area (TPSA) is 29.1 Å². The highest BCUT2D eigenvalue weighted by Gasteiger charge is 2.04. The van der Waals surface area contributed by atoms with E-state index in [9.17, 15) is 4.79 Å². The van der Waals surface area contributed by atoms with Crippen molar-refractivity contribution >= 4 is 11.6 Å². The first-order chi connectivity index (χ1) is 8.65. The van der Waals surface area contributed by atoms with Crippen LogP contribution < -0.4 is 5.32 Å². The first-order valence-electron chi connectivity index (χ1n) is 6.06. The maximum absolute atomic E-state index is 11.9. The highest BCUT2D eigenvalue weighted by Crippen LogP contribution is 2.14. The molecule has 0 aliphatic rings. The van der Waals surface area contributed by atoms with Crippen LogP contribution in [0.1, 0.15) is 16.7 Å². The van der Waals surface area contributed by atoms with Gasteiger partial charge in [0.1, 0.15) is 0 Å². The molecular weight excluding hydrogens is 222 g/mol. The van der Waals surface area contributed by atoms with Crippen molar-refractivity contribution in [3.63, 3.8) is 0 Å². The van der Waals surface area contributed by atoms with E-state index in [-0.39, 0.29) is 5.91 Å². The number of hydrogen-bond acceptors (Lipinski definition) is 1. The van der Waals surface area contributed by atoms with Gasteiger partial charge in [-0.15, -0.1) is 0 Å². The molecule has 0 radical (unpaired) electrons. The number of hydrogen-bond donors (Lipinski definition) is 1. The third-order valence-electron chi connectivity index (χ3n) is 3.00. The molecule has 0 aliphatic carbocycles. The molecule has 2 aromatic carbocycles. The van der Waals surface area contributed by atoms with Crippen LogP contribution >= 0.6 is 0 Å². The van der Waals surface area contributed by atoms with E-state index in [4.69, 9.17) is 0 Å². The molecule has 0 aromatic heterocycles. The summed E-state index contributed by atoms with van der Waals surface area (Å²) in [5.74, 6) is 0.0180. The smallest absolute Gasteiger partial charge is 0.228 e. The van der Waals surface area contributed by atoms with Gasteiger partial charge in [0, 0.05) is 5.69 Å². The average Bonchev–Trinajstić information content (AvgIpc) is 2.35. The SMILES string of the molecule is Cc1ccc(NC(=O)Cc2ccccc2)cc1C. The van der Waals surface area contributed by atoms with Gasteiger partial charge in [-0.1, -0.05) is 36.4 Å². The molecule has 0 saturated heterocycles. The van der Waals surface area contributed by atoms with Gasteiger partial charge < -0.3 is 5.32 Å². The van der Waals surface area contributed by atoms with Gasteiger partial charge in [-0.25, -0.2) is 0 Å². The molecule has 0 fully saturated rings. The number of rotatable bonds is 3. The first kappa shape index (κ1) is 12.4. The van der Waals surface area contributed by atoms with E-state index in [1.165, 1.54) is 11.1 Å². The minimum atomic E-state index is 0.0180. The van der Waals surface area contributed by atoms with Gasteiger partial charge in [0.15, 0.2) is 0 Å². The van der Waals surface area contributed by atoms with E-state index < -0.39 is 0 Å². The van der Waals surface area contributed by atoms with Crippen molar-refractivity contribution in [2.75, 3.05) is 5.32 Å². The molecule has 2 rings (SSSR count). The molecule has 1 amide bonds. The van der Waals surface area contributed by atoms with Gasteiger partial charge in [0.05, 0.1) is 6.42 Å². The number of anilines is 1. The molecule has 2 aromatic rings. The van der Waals surface area contributed by atoms with Crippen LogP contribution in [0.25, 0.3) is 0 Å². The molecule has 0 heterocycles. The molecule has 2 heteroatoms. The lowest BCUT2D eigenvalue weighted by Crippen LogP contribution is -2.14. The van der Waals surface area contributed by atoms with Crippen molar-refractivity contribution in [3.8, 4) is 0 Å². The second kappa shape index (κ2) is 5.50. The zero-order valence-corrected chi connectivity index (χ0v) is 10.7. The number of carbonyl (C=O) groups excluding carboxylic acids is 1. The predicted octanol–water partition coefficient (Wildman–Crippen LogP) is 3.48. The second-order valence-electron chi connectivity index (χ2n) is 4.51. The molecule has 1 N–H and O–H groups in total. The molecule has 2 nitrogen and oxygen atoms in total. The molecule has 0 spiro atoms. The molecule has 0 saturated carbocycles. The third kappa shape index (κ3) is 3.20. The summed E-state index contributed by atoms with van der Waals surface area (Å²) < 4.78 is 0. The fraction of sp³-hybridized carbons (Fsp3) is 0.188. The van der Waals surface area contributed by atoms with Gasteiger partial charge >= 0.3 is 0 Å². The van der Waals surface area contributed by atoms with E-state index in [1.807, 2.05) is 55.5 Å². The van der Waals surface area contributed by atoms with Crippen LogP contribution in [0.2, 0.25) is 0 Å². The van der Waals surface area contributed by atoms with E-state index in [0.717, 1.165) is 11.3 Å². The van der Waals surface area contributed by atoms with Crippen molar-refractivity contribution in [3.05, 3.63) is 65.2 Å². The number of aryl methyl sites for hydroxylation is 2. The summed E-state index contributed by atoms with van der Waals surface area (Å²) in [6.45, 7) is 4.10. The number of carbonyl (C=O) groups is 1. The lowest BCUT2D eigenvalue weighted by Gasteiger charge is -2.07. The minimum Gasteiger partial charge on any atom is -0.326 e. The summed E-state index contributed by atoms with van der Waals surface area (Å²) in [4.78, 5) is 11.9. The largest absolute Gasteiger partial charge is 0.326 e. The van der Waals surface area contributed by atoms with Gasteiger partial charge in [0.25, 0.3) is 0 Å². The molecule has 18 heavy (non-hydrogen) atoms. The summed E-state index contributed by atoms with van der Waals surface area (Å²) in [5.41, 5.74) is 4.31. The van der Waals surface area contributed by atoms with Crippen LogP contribution in [-0.2, 0) is 11.2 Å². The summed E-state index contributed by atoms with van der Waals surface area (Å²) in [7, 11) is 0. The van der Waals surface area contributed by atoms with Crippen molar-refractivity contribution in [2.45, 2.75) is 20.3 Å². The van der Waals surface area contributed by atoms with Gasteiger partial charge in [-0.3, -0.25) is 4.79 Å². The Kier molecular flexibility index (Phi) is 3.78. The zero-order valence-electron chi connectivity index (χ0n) is 10.7. The van der Waals surface area contributed by atoms with Crippen LogP contribution in [-0.4, -0.2) is 5.91 Å². The van der Waals surface area contributed by atoms with Gasteiger partial charge in [0.2, 0.25) is 5.91 Å². The summed E-state index contributed by atoms with van der Waals surface area (Å²) in [6.07, 6.45) is 0.410. The minimum absolute atomic E-state index is 0.0180. The Balaban J connectivity index is 2.01. The van der Waals surface area contributed by atoms with Crippen LogP contribution in [0.3, 0.4) is 0 Å². The van der Waals surface area contributed by atoms with Crippen molar-refractivity contribution in [1.82, 2.24) is 0 Å². The second-order valence-corrected chi connectivity index (χ2v) is 4.51. The number of amides is 1. The summed E-state index contributed by atoms with van der Waals surface area (Å²) >= 11 is 0. The van der Waals surface area contributed by atoms with E-state index >= 15 is 0 Å². The van der Waals surface area contributed by atoms with Crippen molar-refractivity contribution < 1.29 is 4.79 Å². The molecule has 0 aliphatic heterocycles. The normalized spacial score (nSPS) is 10.1. The highest BCUT2D eigenvalue weighted by molar-refractivity contribution is 5.92. The Bertz CT molecular complexity index is 546. The van der Waals surface area contributed by atoms with Gasteiger partial charge in [-0.2, -0.15) is 0 Å². The summed E-state index contributed by atoms with van der Waals surface area (Å²) in [6, 6.07) is 15.7. The van der Waals surface area contributed by atoms with Crippen LogP contribution in [0.15, 0.2) is 48.5 Å². The van der Waals surface area contributed by atoms with Gasteiger partial charge in [-0.05, 0) is 42.7 Å².